The van der Waals surface area contributed by atoms with Gasteiger partial charge in [0.05, 0.1) is 6.21 Å². The predicted octanol–water partition coefficient (Wildman–Crippen LogP) is 2.68. The fourth-order valence-corrected chi connectivity index (χ4v) is 1.88. The van der Waals surface area contributed by atoms with E-state index >= 15 is 0 Å². The molecule has 3 N–H and O–H groups in total. The number of nitrogens with one attached hydrogen (secondary N) is 3. The molecule has 0 aliphatic carbocycles. The van der Waals surface area contributed by atoms with Crippen LogP contribution in [0.4, 0.5) is 5.69 Å². The Morgan fingerprint density at radius 2 is 1.91 bits per heavy atom. The highest BCUT2D eigenvalue weighted by atomic mass is 32.1. The Bertz CT molecular complexity index is 726. The Labute approximate surface area is 140 Å². The van der Waals surface area contributed by atoms with Gasteiger partial charge in [-0.15, -0.1) is 0 Å². The number of rotatable bonds is 4. The second-order valence-corrected chi connectivity index (χ2v) is 5.30. The van der Waals surface area contributed by atoms with E-state index < -0.39 is 0 Å². The number of thiocarbonyl (C=S) groups is 1. The molecule has 2 rings (SSSR count). The Kier molecular flexibility index (Phi) is 5.82. The molecule has 0 saturated carbocycles. The van der Waals surface area contributed by atoms with Gasteiger partial charge in [-0.2, -0.15) is 5.10 Å². The lowest BCUT2D eigenvalue weighted by molar-refractivity contribution is 0.102. The SMILES string of the molecule is CNC(=S)N/N=C/c1cccc(NC(=O)c2ccc(C)cc2)c1. The van der Waals surface area contributed by atoms with Crippen LogP contribution in [-0.4, -0.2) is 24.3 Å². The highest BCUT2D eigenvalue weighted by Gasteiger charge is 2.05. The summed E-state index contributed by atoms with van der Waals surface area (Å²) in [7, 11) is 1.71. The van der Waals surface area contributed by atoms with Crippen molar-refractivity contribution in [2.45, 2.75) is 6.92 Å². The van der Waals surface area contributed by atoms with Gasteiger partial charge in [0.2, 0.25) is 0 Å². The first-order chi connectivity index (χ1) is 11.1. The quantitative estimate of drug-likeness (QED) is 0.459. The molecule has 0 aromatic heterocycles. The fraction of sp³-hybridized carbons (Fsp3) is 0.118. The van der Waals surface area contributed by atoms with Crippen LogP contribution in [0.1, 0.15) is 21.5 Å². The Morgan fingerprint density at radius 1 is 1.17 bits per heavy atom. The van der Waals surface area contributed by atoms with Gasteiger partial charge in [-0.3, -0.25) is 10.2 Å². The summed E-state index contributed by atoms with van der Waals surface area (Å²) in [4.78, 5) is 12.2. The maximum atomic E-state index is 12.2. The summed E-state index contributed by atoms with van der Waals surface area (Å²) in [6.45, 7) is 1.98. The predicted molar refractivity (Wildman–Crippen MR) is 98.0 cm³/mol. The van der Waals surface area contributed by atoms with Crippen molar-refractivity contribution in [3.63, 3.8) is 0 Å². The molecule has 2 aromatic rings. The summed E-state index contributed by atoms with van der Waals surface area (Å²) in [5, 5.41) is 10.1. The van der Waals surface area contributed by atoms with E-state index in [0.717, 1.165) is 11.1 Å². The molecule has 0 spiro atoms. The monoisotopic (exact) mass is 326 g/mol. The molecule has 6 heteroatoms. The molecular weight excluding hydrogens is 308 g/mol. The summed E-state index contributed by atoms with van der Waals surface area (Å²) < 4.78 is 0. The molecule has 0 aliphatic heterocycles. The van der Waals surface area contributed by atoms with E-state index in [1.165, 1.54) is 0 Å². The summed E-state index contributed by atoms with van der Waals surface area (Å²) in [5.41, 5.74) is 5.96. The first-order valence-electron chi connectivity index (χ1n) is 7.07. The molecule has 23 heavy (non-hydrogen) atoms. The van der Waals surface area contributed by atoms with Crippen LogP contribution in [0.3, 0.4) is 0 Å². The molecule has 5 nitrogen and oxygen atoms in total. The van der Waals surface area contributed by atoms with E-state index in [1.54, 1.807) is 25.4 Å². The van der Waals surface area contributed by atoms with Crippen molar-refractivity contribution in [2.75, 3.05) is 12.4 Å². The maximum Gasteiger partial charge on any atom is 0.255 e. The fourth-order valence-electron chi connectivity index (χ4n) is 1.83. The molecule has 0 heterocycles. The van der Waals surface area contributed by atoms with Crippen LogP contribution >= 0.6 is 12.2 Å². The molecule has 1 amide bonds. The lowest BCUT2D eigenvalue weighted by Gasteiger charge is -2.06. The molecule has 0 fully saturated rings. The number of hydrogen-bond acceptors (Lipinski definition) is 3. The zero-order chi connectivity index (χ0) is 16.7. The first-order valence-corrected chi connectivity index (χ1v) is 7.48. The third-order valence-electron chi connectivity index (χ3n) is 3.07. The van der Waals surface area contributed by atoms with Crippen LogP contribution in [0.5, 0.6) is 0 Å². The third-order valence-corrected chi connectivity index (χ3v) is 3.36. The molecule has 0 radical (unpaired) electrons. The van der Waals surface area contributed by atoms with Crippen LogP contribution in [0.15, 0.2) is 53.6 Å². The largest absolute Gasteiger partial charge is 0.364 e. The summed E-state index contributed by atoms with van der Waals surface area (Å²) >= 11 is 4.92. The van der Waals surface area contributed by atoms with Crippen molar-refractivity contribution < 1.29 is 4.79 Å². The van der Waals surface area contributed by atoms with Gasteiger partial charge in [0.1, 0.15) is 0 Å². The topological polar surface area (TPSA) is 65.5 Å². The molecule has 2 aromatic carbocycles. The van der Waals surface area contributed by atoms with E-state index in [0.29, 0.717) is 16.4 Å². The molecule has 0 bridgehead atoms. The zero-order valence-electron chi connectivity index (χ0n) is 13.0. The van der Waals surface area contributed by atoms with Gasteiger partial charge in [-0.25, -0.2) is 0 Å². The minimum Gasteiger partial charge on any atom is -0.364 e. The van der Waals surface area contributed by atoms with E-state index in [-0.39, 0.29) is 5.91 Å². The third kappa shape index (κ3) is 5.19. The normalized spacial score (nSPS) is 10.3. The average molecular weight is 326 g/mol. The molecule has 0 saturated heterocycles. The van der Waals surface area contributed by atoms with Crippen molar-refractivity contribution in [1.82, 2.24) is 10.7 Å². The first kappa shape index (κ1) is 16.6. The number of anilines is 1. The van der Waals surface area contributed by atoms with Gasteiger partial charge < -0.3 is 10.6 Å². The van der Waals surface area contributed by atoms with E-state index in [1.807, 2.05) is 43.3 Å². The summed E-state index contributed by atoms with van der Waals surface area (Å²) in [5.74, 6) is -0.145. The second kappa shape index (κ2) is 8.05. The van der Waals surface area contributed by atoms with Gasteiger partial charge in [0, 0.05) is 18.3 Å². The van der Waals surface area contributed by atoms with Gasteiger partial charge in [-0.1, -0.05) is 29.8 Å². The van der Waals surface area contributed by atoms with Crippen molar-refractivity contribution in [2.24, 2.45) is 5.10 Å². The second-order valence-electron chi connectivity index (χ2n) is 4.89. The van der Waals surface area contributed by atoms with E-state index in [9.17, 15) is 4.79 Å². The van der Waals surface area contributed by atoms with Crippen LogP contribution < -0.4 is 16.1 Å². The lowest BCUT2D eigenvalue weighted by atomic mass is 10.1. The number of hydrogen-bond donors (Lipinski definition) is 3. The van der Waals surface area contributed by atoms with Crippen LogP contribution in [0, 0.1) is 6.92 Å². The highest BCUT2D eigenvalue weighted by Crippen LogP contribution is 2.12. The lowest BCUT2D eigenvalue weighted by Crippen LogP contribution is -2.28. The number of carbonyl (C=O) groups excluding carboxylic acids is 1. The van der Waals surface area contributed by atoms with Crippen LogP contribution in [0.25, 0.3) is 0 Å². The summed E-state index contributed by atoms with van der Waals surface area (Å²) in [6.07, 6.45) is 1.63. The summed E-state index contributed by atoms with van der Waals surface area (Å²) in [6, 6.07) is 14.8. The van der Waals surface area contributed by atoms with Gasteiger partial charge >= 0.3 is 0 Å². The van der Waals surface area contributed by atoms with Crippen LogP contribution in [-0.2, 0) is 0 Å². The molecule has 0 aliphatic rings. The van der Waals surface area contributed by atoms with Crippen molar-refractivity contribution in [3.8, 4) is 0 Å². The number of benzene rings is 2. The molecular formula is C17H18N4OS. The van der Waals surface area contributed by atoms with Gasteiger partial charge in [0.15, 0.2) is 5.11 Å². The Hall–Kier alpha value is -2.73. The molecule has 0 unspecified atom stereocenters. The van der Waals surface area contributed by atoms with E-state index in [4.69, 9.17) is 12.2 Å². The van der Waals surface area contributed by atoms with Crippen molar-refractivity contribution in [3.05, 3.63) is 65.2 Å². The Morgan fingerprint density at radius 3 is 2.61 bits per heavy atom. The number of amides is 1. The van der Waals surface area contributed by atoms with Gasteiger partial charge in [0.25, 0.3) is 5.91 Å². The van der Waals surface area contributed by atoms with Crippen molar-refractivity contribution >= 4 is 35.1 Å². The number of hydrazone groups is 1. The standard InChI is InChI=1S/C17H18N4OS/c1-12-6-8-14(9-7-12)16(22)20-15-5-3-4-13(10-15)11-19-21-17(23)18-2/h3-11H,1-2H3,(H,20,22)(H2,18,21,23)/b19-11+. The number of carbonyl (C=O) groups is 1. The molecule has 118 valence electrons. The van der Waals surface area contributed by atoms with Crippen LogP contribution in [0.2, 0.25) is 0 Å². The minimum absolute atomic E-state index is 0.145. The highest BCUT2D eigenvalue weighted by molar-refractivity contribution is 7.80. The van der Waals surface area contributed by atoms with E-state index in [2.05, 4.69) is 21.2 Å². The molecule has 0 atom stereocenters. The van der Waals surface area contributed by atoms with Gasteiger partial charge in [-0.05, 0) is 49.0 Å². The Balaban J connectivity index is 2.03. The minimum atomic E-state index is -0.145. The number of aryl methyl sites for hydroxylation is 1. The zero-order valence-corrected chi connectivity index (χ0v) is 13.8. The smallest absolute Gasteiger partial charge is 0.255 e. The maximum absolute atomic E-state index is 12.2. The number of nitrogens with zero attached hydrogens (tertiary/aromatic N) is 1. The van der Waals surface area contributed by atoms with Crippen molar-refractivity contribution in [1.29, 1.82) is 0 Å². The average Bonchev–Trinajstić information content (AvgIpc) is 2.55.